The van der Waals surface area contributed by atoms with Gasteiger partial charge in [0, 0.05) is 26.1 Å². The van der Waals surface area contributed by atoms with Gasteiger partial charge in [0.15, 0.2) is 0 Å². The first-order valence-electron chi connectivity index (χ1n) is 10.5. The van der Waals surface area contributed by atoms with Crippen molar-refractivity contribution < 1.29 is 9.53 Å². The van der Waals surface area contributed by atoms with E-state index in [2.05, 4.69) is 37.9 Å². The quantitative estimate of drug-likeness (QED) is 0.263. The summed E-state index contributed by atoms with van der Waals surface area (Å²) in [7, 11) is 6.21. The highest BCUT2D eigenvalue weighted by Gasteiger charge is 2.04. The van der Waals surface area contributed by atoms with Gasteiger partial charge >= 0.3 is 5.97 Å². The second-order valence-corrected chi connectivity index (χ2v) is 7.61. The fraction of sp³-hybridized carbons (Fsp3) is 0.952. The summed E-state index contributed by atoms with van der Waals surface area (Å²) in [5.74, 6) is -0.0306. The lowest BCUT2D eigenvalue weighted by Crippen LogP contribution is -2.31. The van der Waals surface area contributed by atoms with Crippen molar-refractivity contribution >= 4 is 5.97 Å². The van der Waals surface area contributed by atoms with Gasteiger partial charge in [-0.3, -0.25) is 4.79 Å². The van der Waals surface area contributed by atoms with Crippen LogP contribution in [0.1, 0.15) is 84.0 Å². The normalized spacial score (nSPS) is 11.4. The van der Waals surface area contributed by atoms with Gasteiger partial charge in [-0.25, -0.2) is 0 Å². The molecule has 0 bridgehead atoms. The SMILES string of the molecule is CCCCCCCCCCCCCC(=O)OCCN(C)CCN(C)C. The van der Waals surface area contributed by atoms with Crippen molar-refractivity contribution in [3.05, 3.63) is 0 Å². The molecule has 4 nitrogen and oxygen atoms in total. The molecule has 0 aliphatic rings. The second-order valence-electron chi connectivity index (χ2n) is 7.61. The third kappa shape index (κ3) is 19.6. The maximum Gasteiger partial charge on any atom is 0.305 e. The molecule has 0 aliphatic heterocycles. The van der Waals surface area contributed by atoms with Crippen molar-refractivity contribution in [3.8, 4) is 0 Å². The minimum atomic E-state index is -0.0306. The van der Waals surface area contributed by atoms with Crippen LogP contribution in [0.2, 0.25) is 0 Å². The Morgan fingerprint density at radius 2 is 1.24 bits per heavy atom. The summed E-state index contributed by atoms with van der Waals surface area (Å²) in [5, 5.41) is 0. The number of nitrogens with zero attached hydrogens (tertiary/aromatic N) is 2. The highest BCUT2D eigenvalue weighted by molar-refractivity contribution is 5.69. The summed E-state index contributed by atoms with van der Waals surface area (Å²) in [5.41, 5.74) is 0. The third-order valence-electron chi connectivity index (χ3n) is 4.65. The molecule has 0 rings (SSSR count). The Balaban J connectivity index is 3.28. The van der Waals surface area contributed by atoms with Crippen molar-refractivity contribution in [2.45, 2.75) is 84.0 Å². The Kier molecular flexibility index (Phi) is 17.7. The predicted molar refractivity (Wildman–Crippen MR) is 108 cm³/mol. The number of hydrogen-bond acceptors (Lipinski definition) is 4. The van der Waals surface area contributed by atoms with Gasteiger partial charge < -0.3 is 14.5 Å². The van der Waals surface area contributed by atoms with E-state index in [1.165, 1.54) is 57.8 Å². The van der Waals surface area contributed by atoms with Crippen LogP contribution in [0.15, 0.2) is 0 Å². The van der Waals surface area contributed by atoms with E-state index in [0.29, 0.717) is 13.0 Å². The van der Waals surface area contributed by atoms with E-state index < -0.39 is 0 Å². The number of esters is 1. The summed E-state index contributed by atoms with van der Waals surface area (Å²) < 4.78 is 5.32. The number of unbranched alkanes of at least 4 members (excludes halogenated alkanes) is 10. The van der Waals surface area contributed by atoms with E-state index in [-0.39, 0.29) is 5.97 Å². The van der Waals surface area contributed by atoms with Crippen LogP contribution in [-0.4, -0.2) is 63.2 Å². The lowest BCUT2D eigenvalue weighted by Gasteiger charge is -2.18. The van der Waals surface area contributed by atoms with Gasteiger partial charge in [0.2, 0.25) is 0 Å². The first-order valence-corrected chi connectivity index (χ1v) is 10.5. The molecule has 0 aromatic rings. The number of hydrogen-bond donors (Lipinski definition) is 0. The molecular formula is C21H44N2O2. The molecule has 0 spiro atoms. The van der Waals surface area contributed by atoms with Crippen molar-refractivity contribution in [2.24, 2.45) is 0 Å². The number of rotatable bonds is 18. The largest absolute Gasteiger partial charge is 0.464 e. The van der Waals surface area contributed by atoms with Gasteiger partial charge in [-0.05, 0) is 27.6 Å². The fourth-order valence-electron chi connectivity index (χ4n) is 2.80. The smallest absolute Gasteiger partial charge is 0.305 e. The first kappa shape index (κ1) is 24.4. The zero-order valence-corrected chi connectivity index (χ0v) is 17.5. The fourth-order valence-corrected chi connectivity index (χ4v) is 2.80. The lowest BCUT2D eigenvalue weighted by atomic mass is 10.1. The molecule has 0 amide bonds. The topological polar surface area (TPSA) is 32.8 Å². The van der Waals surface area contributed by atoms with Gasteiger partial charge in [-0.1, -0.05) is 71.1 Å². The van der Waals surface area contributed by atoms with Crippen LogP contribution in [0.3, 0.4) is 0 Å². The average molecular weight is 357 g/mol. The molecule has 25 heavy (non-hydrogen) atoms. The molecule has 0 heterocycles. The Morgan fingerprint density at radius 1 is 0.720 bits per heavy atom. The molecule has 0 saturated carbocycles. The van der Waals surface area contributed by atoms with Crippen LogP contribution in [-0.2, 0) is 9.53 Å². The molecule has 0 aromatic carbocycles. The van der Waals surface area contributed by atoms with Crippen LogP contribution in [0.4, 0.5) is 0 Å². The Morgan fingerprint density at radius 3 is 1.76 bits per heavy atom. The van der Waals surface area contributed by atoms with E-state index in [4.69, 9.17) is 4.74 Å². The van der Waals surface area contributed by atoms with E-state index in [9.17, 15) is 4.79 Å². The van der Waals surface area contributed by atoms with Crippen LogP contribution >= 0.6 is 0 Å². The van der Waals surface area contributed by atoms with Gasteiger partial charge in [-0.15, -0.1) is 0 Å². The maximum absolute atomic E-state index is 11.7. The summed E-state index contributed by atoms with van der Waals surface area (Å²) in [6, 6.07) is 0. The van der Waals surface area contributed by atoms with Gasteiger partial charge in [0.25, 0.3) is 0 Å². The first-order chi connectivity index (χ1) is 12.1. The summed E-state index contributed by atoms with van der Waals surface area (Å²) in [6.45, 7) is 5.63. The van der Waals surface area contributed by atoms with Crippen LogP contribution < -0.4 is 0 Å². The Labute approximate surface area is 157 Å². The Hall–Kier alpha value is -0.610. The number of carbonyl (C=O) groups excluding carboxylic acids is 1. The number of ether oxygens (including phenoxy) is 1. The second kappa shape index (κ2) is 18.2. The summed E-state index contributed by atoms with van der Waals surface area (Å²) >= 11 is 0. The average Bonchev–Trinajstić information content (AvgIpc) is 2.58. The molecule has 0 radical (unpaired) electrons. The van der Waals surface area contributed by atoms with E-state index in [0.717, 1.165) is 32.5 Å². The number of carbonyl (C=O) groups is 1. The van der Waals surface area contributed by atoms with Gasteiger partial charge in [-0.2, -0.15) is 0 Å². The minimum absolute atomic E-state index is 0.0306. The molecule has 0 fully saturated rings. The van der Waals surface area contributed by atoms with Crippen molar-refractivity contribution in [3.63, 3.8) is 0 Å². The minimum Gasteiger partial charge on any atom is -0.464 e. The summed E-state index contributed by atoms with van der Waals surface area (Å²) in [6.07, 6.45) is 15.0. The number of likely N-dealkylation sites (N-methyl/N-ethyl adjacent to an activating group) is 2. The van der Waals surface area contributed by atoms with E-state index >= 15 is 0 Å². The van der Waals surface area contributed by atoms with Crippen LogP contribution in [0.5, 0.6) is 0 Å². The maximum atomic E-state index is 11.7. The van der Waals surface area contributed by atoms with Gasteiger partial charge in [0.1, 0.15) is 6.61 Å². The molecule has 0 aromatic heterocycles. The van der Waals surface area contributed by atoms with Crippen LogP contribution in [0.25, 0.3) is 0 Å². The third-order valence-corrected chi connectivity index (χ3v) is 4.65. The predicted octanol–water partition coefficient (Wildman–Crippen LogP) is 4.72. The molecular weight excluding hydrogens is 312 g/mol. The molecule has 150 valence electrons. The molecule has 0 aliphatic carbocycles. The highest BCUT2D eigenvalue weighted by Crippen LogP contribution is 2.12. The molecule has 4 heteroatoms. The van der Waals surface area contributed by atoms with Crippen LogP contribution in [0, 0.1) is 0 Å². The van der Waals surface area contributed by atoms with E-state index in [1.807, 2.05) is 0 Å². The summed E-state index contributed by atoms with van der Waals surface area (Å²) in [4.78, 5) is 16.1. The highest BCUT2D eigenvalue weighted by atomic mass is 16.5. The monoisotopic (exact) mass is 356 g/mol. The van der Waals surface area contributed by atoms with E-state index in [1.54, 1.807) is 0 Å². The lowest BCUT2D eigenvalue weighted by molar-refractivity contribution is -0.144. The molecule has 0 saturated heterocycles. The van der Waals surface area contributed by atoms with Crippen molar-refractivity contribution in [1.82, 2.24) is 9.80 Å². The zero-order valence-electron chi connectivity index (χ0n) is 17.5. The molecule has 0 atom stereocenters. The van der Waals surface area contributed by atoms with Crippen molar-refractivity contribution in [2.75, 3.05) is 47.4 Å². The Bertz CT molecular complexity index is 296. The standard InChI is InChI=1S/C21H44N2O2/c1-5-6-7-8-9-10-11-12-13-14-15-16-21(24)25-20-19-23(4)18-17-22(2)3/h5-20H2,1-4H3. The zero-order chi connectivity index (χ0) is 18.8. The van der Waals surface area contributed by atoms with Gasteiger partial charge in [0.05, 0.1) is 0 Å². The molecule has 0 N–H and O–H groups in total. The van der Waals surface area contributed by atoms with Crippen molar-refractivity contribution in [1.29, 1.82) is 0 Å². The molecule has 0 unspecified atom stereocenters.